The van der Waals surface area contributed by atoms with Crippen LogP contribution in [0.4, 0.5) is 4.39 Å². The predicted octanol–water partition coefficient (Wildman–Crippen LogP) is 3.74. The average Bonchev–Trinajstić information content (AvgIpc) is 2.32. The van der Waals surface area contributed by atoms with Crippen LogP contribution in [-0.4, -0.2) is 0 Å². The summed E-state index contributed by atoms with van der Waals surface area (Å²) in [7, 11) is 0. The van der Waals surface area contributed by atoms with E-state index in [-0.39, 0.29) is 18.2 Å². The summed E-state index contributed by atoms with van der Waals surface area (Å²) < 4.78 is 13.3. The maximum Gasteiger partial charge on any atom is 0.126 e. The van der Waals surface area contributed by atoms with Crippen molar-refractivity contribution >= 4 is 0 Å². The standard InChI is InChI=1S/C11H9FN2.C2H6/c1-8(4-5-13)10-6-9(7-14)2-3-11(10)12;1-2/h2-3,6,8H,4H2,1H3;1-2H3. The molecule has 0 radical (unpaired) electrons. The van der Waals surface area contributed by atoms with Crippen LogP contribution < -0.4 is 0 Å². The molecule has 0 fully saturated rings. The first-order chi connectivity index (χ1) is 7.69. The Bertz CT molecular complexity index is 413. The van der Waals surface area contributed by atoms with E-state index in [4.69, 9.17) is 10.5 Å². The molecule has 1 aromatic rings. The Morgan fingerprint density at radius 3 is 2.44 bits per heavy atom. The van der Waals surface area contributed by atoms with Gasteiger partial charge < -0.3 is 0 Å². The number of hydrogen-bond donors (Lipinski definition) is 0. The topological polar surface area (TPSA) is 47.6 Å². The fourth-order valence-corrected chi connectivity index (χ4v) is 1.24. The fourth-order valence-electron chi connectivity index (χ4n) is 1.24. The van der Waals surface area contributed by atoms with Gasteiger partial charge in [-0.25, -0.2) is 4.39 Å². The van der Waals surface area contributed by atoms with E-state index < -0.39 is 0 Å². The van der Waals surface area contributed by atoms with Crippen LogP contribution in [0, 0.1) is 28.5 Å². The summed E-state index contributed by atoms with van der Waals surface area (Å²) >= 11 is 0. The molecule has 84 valence electrons. The SMILES string of the molecule is CC.CC(CC#N)c1cc(C#N)ccc1F. The van der Waals surface area contributed by atoms with Crippen molar-refractivity contribution in [1.29, 1.82) is 10.5 Å². The van der Waals surface area contributed by atoms with Gasteiger partial charge in [-0.2, -0.15) is 10.5 Å². The van der Waals surface area contributed by atoms with Gasteiger partial charge in [0.1, 0.15) is 5.82 Å². The Morgan fingerprint density at radius 2 is 1.94 bits per heavy atom. The first kappa shape index (κ1) is 14.1. The highest BCUT2D eigenvalue weighted by Crippen LogP contribution is 2.22. The van der Waals surface area contributed by atoms with Gasteiger partial charge in [0.2, 0.25) is 0 Å². The quantitative estimate of drug-likeness (QED) is 0.759. The van der Waals surface area contributed by atoms with Crippen LogP contribution in [0.2, 0.25) is 0 Å². The van der Waals surface area contributed by atoms with Crippen molar-refractivity contribution in [1.82, 2.24) is 0 Å². The molecule has 16 heavy (non-hydrogen) atoms. The summed E-state index contributed by atoms with van der Waals surface area (Å²) in [5, 5.41) is 17.1. The molecule has 2 nitrogen and oxygen atoms in total. The zero-order chi connectivity index (χ0) is 12.6. The molecular weight excluding hydrogens is 203 g/mol. The molecule has 0 aliphatic heterocycles. The number of halogens is 1. The Labute approximate surface area is 95.9 Å². The van der Waals surface area contributed by atoms with Gasteiger partial charge in [-0.05, 0) is 29.7 Å². The summed E-state index contributed by atoms with van der Waals surface area (Å²) in [5.41, 5.74) is 0.858. The summed E-state index contributed by atoms with van der Waals surface area (Å²) in [6.45, 7) is 5.77. The van der Waals surface area contributed by atoms with Crippen molar-refractivity contribution in [3.8, 4) is 12.1 Å². The summed E-state index contributed by atoms with van der Waals surface area (Å²) in [6, 6.07) is 8.11. The summed E-state index contributed by atoms with van der Waals surface area (Å²) in [4.78, 5) is 0. The van der Waals surface area contributed by atoms with Gasteiger partial charge in [0.05, 0.1) is 17.7 Å². The van der Waals surface area contributed by atoms with Gasteiger partial charge in [-0.15, -0.1) is 0 Å². The minimum Gasteiger partial charge on any atom is -0.207 e. The molecule has 0 saturated heterocycles. The molecule has 0 aliphatic rings. The first-order valence-corrected chi connectivity index (χ1v) is 5.25. The van der Waals surface area contributed by atoms with E-state index in [1.165, 1.54) is 18.2 Å². The molecule has 0 amide bonds. The molecule has 0 spiro atoms. The van der Waals surface area contributed by atoms with Gasteiger partial charge in [0.15, 0.2) is 0 Å². The molecule has 1 atom stereocenters. The highest BCUT2D eigenvalue weighted by molar-refractivity contribution is 5.35. The lowest BCUT2D eigenvalue weighted by atomic mass is 9.96. The van der Waals surface area contributed by atoms with Gasteiger partial charge in [-0.3, -0.25) is 0 Å². The molecule has 1 rings (SSSR count). The Balaban J connectivity index is 0.00000106. The summed E-state index contributed by atoms with van der Waals surface area (Å²) in [6.07, 6.45) is 0.256. The minimum absolute atomic E-state index is 0.173. The van der Waals surface area contributed by atoms with E-state index in [0.29, 0.717) is 11.1 Å². The molecule has 3 heteroatoms. The van der Waals surface area contributed by atoms with Crippen molar-refractivity contribution in [3.05, 3.63) is 35.1 Å². The number of rotatable bonds is 2. The Morgan fingerprint density at radius 1 is 1.31 bits per heavy atom. The van der Waals surface area contributed by atoms with Gasteiger partial charge >= 0.3 is 0 Å². The third kappa shape index (κ3) is 3.71. The monoisotopic (exact) mass is 218 g/mol. The molecule has 1 aromatic carbocycles. The summed E-state index contributed by atoms with van der Waals surface area (Å²) in [5.74, 6) is -0.528. The van der Waals surface area contributed by atoms with Crippen molar-refractivity contribution < 1.29 is 4.39 Å². The second-order valence-corrected chi connectivity index (χ2v) is 3.11. The van der Waals surface area contributed by atoms with Crippen molar-refractivity contribution in [2.75, 3.05) is 0 Å². The van der Waals surface area contributed by atoms with E-state index in [0.717, 1.165) is 0 Å². The van der Waals surface area contributed by atoms with Crippen molar-refractivity contribution in [3.63, 3.8) is 0 Å². The number of benzene rings is 1. The molecule has 0 aliphatic carbocycles. The third-order valence-electron chi connectivity index (χ3n) is 2.05. The van der Waals surface area contributed by atoms with Crippen LogP contribution in [0.5, 0.6) is 0 Å². The molecule has 1 unspecified atom stereocenters. The second kappa shape index (κ2) is 7.43. The predicted molar refractivity (Wildman–Crippen MR) is 61.1 cm³/mol. The number of nitrogens with zero attached hydrogens (tertiary/aromatic N) is 2. The van der Waals surface area contributed by atoms with E-state index in [9.17, 15) is 4.39 Å². The van der Waals surface area contributed by atoms with Crippen LogP contribution in [0.15, 0.2) is 18.2 Å². The van der Waals surface area contributed by atoms with Crippen LogP contribution in [0.25, 0.3) is 0 Å². The van der Waals surface area contributed by atoms with Crippen LogP contribution in [0.3, 0.4) is 0 Å². The lowest BCUT2D eigenvalue weighted by molar-refractivity contribution is 0.591. The minimum atomic E-state index is -0.355. The van der Waals surface area contributed by atoms with Crippen LogP contribution >= 0.6 is 0 Å². The van der Waals surface area contributed by atoms with E-state index in [2.05, 4.69) is 0 Å². The number of hydrogen-bond acceptors (Lipinski definition) is 2. The highest BCUT2D eigenvalue weighted by atomic mass is 19.1. The highest BCUT2D eigenvalue weighted by Gasteiger charge is 2.11. The zero-order valence-corrected chi connectivity index (χ0v) is 9.79. The lowest BCUT2D eigenvalue weighted by Crippen LogP contribution is -1.97. The molecule has 0 aromatic heterocycles. The molecule has 0 saturated carbocycles. The van der Waals surface area contributed by atoms with Crippen LogP contribution in [-0.2, 0) is 0 Å². The molecule has 0 N–H and O–H groups in total. The maximum atomic E-state index is 13.3. The molecule has 0 bridgehead atoms. The normalized spacial score (nSPS) is 10.4. The maximum absolute atomic E-state index is 13.3. The fraction of sp³-hybridized carbons (Fsp3) is 0.385. The van der Waals surface area contributed by atoms with E-state index in [1.54, 1.807) is 6.92 Å². The van der Waals surface area contributed by atoms with Crippen molar-refractivity contribution in [2.24, 2.45) is 0 Å². The molecular formula is C13H15FN2. The van der Waals surface area contributed by atoms with E-state index in [1.807, 2.05) is 26.0 Å². The first-order valence-electron chi connectivity index (χ1n) is 5.25. The zero-order valence-electron chi connectivity index (χ0n) is 9.79. The van der Waals surface area contributed by atoms with Gasteiger partial charge in [0.25, 0.3) is 0 Å². The largest absolute Gasteiger partial charge is 0.207 e. The Hall–Kier alpha value is -1.87. The Kier molecular flexibility index (Phi) is 6.56. The van der Waals surface area contributed by atoms with Crippen molar-refractivity contribution in [2.45, 2.75) is 33.1 Å². The smallest absolute Gasteiger partial charge is 0.126 e. The van der Waals surface area contributed by atoms with E-state index >= 15 is 0 Å². The van der Waals surface area contributed by atoms with Gasteiger partial charge in [-0.1, -0.05) is 20.8 Å². The second-order valence-electron chi connectivity index (χ2n) is 3.11. The van der Waals surface area contributed by atoms with Gasteiger partial charge in [0, 0.05) is 6.42 Å². The number of nitriles is 2. The third-order valence-corrected chi connectivity index (χ3v) is 2.05. The molecule has 0 heterocycles. The average molecular weight is 218 g/mol. The lowest BCUT2D eigenvalue weighted by Gasteiger charge is -2.08. The van der Waals surface area contributed by atoms with Crippen LogP contribution in [0.1, 0.15) is 44.2 Å².